The van der Waals surface area contributed by atoms with Gasteiger partial charge in [-0.1, -0.05) is 35.0 Å². The van der Waals surface area contributed by atoms with E-state index in [4.69, 9.17) is 0 Å². The molecule has 3 rings (SSSR count). The molecular formula is C19H21BrN2O3S. The summed E-state index contributed by atoms with van der Waals surface area (Å²) < 4.78 is 27.5. The molecule has 0 bridgehead atoms. The summed E-state index contributed by atoms with van der Waals surface area (Å²) in [6.07, 6.45) is 2.22. The maximum Gasteiger partial charge on any atom is 0.255 e. The smallest absolute Gasteiger partial charge is 0.255 e. The molecule has 0 aromatic heterocycles. The Kier molecular flexibility index (Phi) is 5.67. The van der Waals surface area contributed by atoms with Crippen LogP contribution < -0.4 is 9.62 Å². The molecule has 138 valence electrons. The average molecular weight is 437 g/mol. The Labute approximate surface area is 162 Å². The monoisotopic (exact) mass is 436 g/mol. The van der Waals surface area contributed by atoms with Crippen molar-refractivity contribution in [1.82, 2.24) is 0 Å². The standard InChI is InChI=1S/C19H21BrN2O3S/c1-2-11-26(24,25)22-10-4-6-14-8-9-17(13-18(14)22)21-19(23)15-5-3-7-16(20)12-15/h3,5,7-9,12-13H,2,4,6,10-11H2,1H3,(H,21,23). The minimum Gasteiger partial charge on any atom is -0.322 e. The molecule has 0 atom stereocenters. The van der Waals surface area contributed by atoms with Crippen LogP contribution in [0.5, 0.6) is 0 Å². The van der Waals surface area contributed by atoms with Crippen molar-refractivity contribution in [2.75, 3.05) is 21.9 Å². The molecular weight excluding hydrogens is 416 g/mol. The number of aryl methyl sites for hydroxylation is 1. The van der Waals surface area contributed by atoms with E-state index in [1.165, 1.54) is 4.31 Å². The van der Waals surface area contributed by atoms with Crippen LogP contribution in [0.15, 0.2) is 46.9 Å². The Morgan fingerprint density at radius 3 is 2.77 bits per heavy atom. The van der Waals surface area contributed by atoms with Crippen molar-refractivity contribution in [1.29, 1.82) is 0 Å². The Bertz CT molecular complexity index is 928. The molecule has 26 heavy (non-hydrogen) atoms. The van der Waals surface area contributed by atoms with Gasteiger partial charge in [-0.2, -0.15) is 0 Å². The van der Waals surface area contributed by atoms with Crippen LogP contribution in [0.3, 0.4) is 0 Å². The molecule has 1 N–H and O–H groups in total. The Hall–Kier alpha value is -1.86. The van der Waals surface area contributed by atoms with Gasteiger partial charge in [0.15, 0.2) is 0 Å². The normalized spacial score (nSPS) is 14.0. The number of hydrogen-bond acceptors (Lipinski definition) is 3. The zero-order chi connectivity index (χ0) is 18.7. The highest BCUT2D eigenvalue weighted by atomic mass is 79.9. The van der Waals surface area contributed by atoms with E-state index in [9.17, 15) is 13.2 Å². The largest absolute Gasteiger partial charge is 0.322 e. The van der Waals surface area contributed by atoms with Crippen LogP contribution >= 0.6 is 15.9 Å². The molecule has 1 aliphatic rings. The summed E-state index contributed by atoms with van der Waals surface area (Å²) in [4.78, 5) is 12.5. The van der Waals surface area contributed by atoms with Gasteiger partial charge in [0.1, 0.15) is 0 Å². The van der Waals surface area contributed by atoms with Crippen LogP contribution in [0.4, 0.5) is 11.4 Å². The predicted molar refractivity (Wildman–Crippen MR) is 108 cm³/mol. The molecule has 1 amide bonds. The van der Waals surface area contributed by atoms with E-state index < -0.39 is 10.0 Å². The van der Waals surface area contributed by atoms with E-state index in [2.05, 4.69) is 21.2 Å². The van der Waals surface area contributed by atoms with E-state index in [1.807, 2.05) is 25.1 Å². The van der Waals surface area contributed by atoms with Gasteiger partial charge in [0, 0.05) is 22.3 Å². The fourth-order valence-electron chi connectivity index (χ4n) is 3.11. The second kappa shape index (κ2) is 7.80. The van der Waals surface area contributed by atoms with E-state index in [-0.39, 0.29) is 11.7 Å². The summed E-state index contributed by atoms with van der Waals surface area (Å²) in [5.41, 5.74) is 2.80. The minimum atomic E-state index is -3.34. The number of carbonyl (C=O) groups excluding carboxylic acids is 1. The topological polar surface area (TPSA) is 66.5 Å². The van der Waals surface area contributed by atoms with Crippen molar-refractivity contribution in [3.05, 3.63) is 58.1 Å². The lowest BCUT2D eigenvalue weighted by Gasteiger charge is -2.31. The molecule has 0 saturated carbocycles. The number of benzene rings is 2. The van der Waals surface area contributed by atoms with Crippen LogP contribution in [0.25, 0.3) is 0 Å². The van der Waals surface area contributed by atoms with Gasteiger partial charge >= 0.3 is 0 Å². The number of halogens is 1. The van der Waals surface area contributed by atoms with Crippen LogP contribution in [-0.2, 0) is 16.4 Å². The second-order valence-corrected chi connectivity index (χ2v) is 9.23. The predicted octanol–water partition coefficient (Wildman–Crippen LogP) is 4.19. The van der Waals surface area contributed by atoms with Crippen molar-refractivity contribution >= 4 is 43.2 Å². The molecule has 0 aliphatic carbocycles. The molecule has 5 nitrogen and oxygen atoms in total. The SMILES string of the molecule is CCCS(=O)(=O)N1CCCc2ccc(NC(=O)c3cccc(Br)c3)cc21. The van der Waals surface area contributed by atoms with Crippen molar-refractivity contribution in [3.63, 3.8) is 0 Å². The van der Waals surface area contributed by atoms with Gasteiger partial charge in [-0.05, 0) is 55.2 Å². The quantitative estimate of drug-likeness (QED) is 0.763. The van der Waals surface area contributed by atoms with Crippen LogP contribution in [-0.4, -0.2) is 26.6 Å². The fraction of sp³-hybridized carbons (Fsp3) is 0.316. The van der Waals surface area contributed by atoms with E-state index >= 15 is 0 Å². The zero-order valence-corrected chi connectivity index (χ0v) is 16.9. The van der Waals surface area contributed by atoms with E-state index in [0.717, 1.165) is 22.9 Å². The van der Waals surface area contributed by atoms with E-state index in [1.54, 1.807) is 24.3 Å². The second-order valence-electron chi connectivity index (χ2n) is 6.30. The number of rotatable bonds is 5. The Morgan fingerprint density at radius 1 is 1.23 bits per heavy atom. The third-order valence-electron chi connectivity index (χ3n) is 4.30. The molecule has 2 aromatic carbocycles. The molecule has 1 heterocycles. The van der Waals surface area contributed by atoms with Gasteiger partial charge in [0.2, 0.25) is 10.0 Å². The molecule has 7 heteroatoms. The molecule has 0 unspecified atom stereocenters. The minimum absolute atomic E-state index is 0.126. The lowest BCUT2D eigenvalue weighted by atomic mass is 10.0. The van der Waals surface area contributed by atoms with Gasteiger partial charge < -0.3 is 5.32 Å². The fourth-order valence-corrected chi connectivity index (χ4v) is 5.12. The van der Waals surface area contributed by atoms with Crippen molar-refractivity contribution < 1.29 is 13.2 Å². The van der Waals surface area contributed by atoms with Crippen molar-refractivity contribution in [3.8, 4) is 0 Å². The number of carbonyl (C=O) groups is 1. The van der Waals surface area contributed by atoms with Crippen LogP contribution in [0.2, 0.25) is 0 Å². The summed E-state index contributed by atoms with van der Waals surface area (Å²) in [6.45, 7) is 2.34. The highest BCUT2D eigenvalue weighted by molar-refractivity contribution is 9.10. The number of anilines is 2. The van der Waals surface area contributed by atoms with Crippen LogP contribution in [0.1, 0.15) is 35.7 Å². The lowest BCUT2D eigenvalue weighted by molar-refractivity contribution is 0.102. The molecule has 0 spiro atoms. The van der Waals surface area contributed by atoms with Gasteiger partial charge in [0.25, 0.3) is 5.91 Å². The zero-order valence-electron chi connectivity index (χ0n) is 14.5. The summed E-state index contributed by atoms with van der Waals surface area (Å²) in [5, 5.41) is 2.86. The number of hydrogen-bond donors (Lipinski definition) is 1. The number of fused-ring (bicyclic) bond motifs is 1. The number of sulfonamides is 1. The average Bonchev–Trinajstić information content (AvgIpc) is 2.61. The number of nitrogens with zero attached hydrogens (tertiary/aromatic N) is 1. The summed E-state index contributed by atoms with van der Waals surface area (Å²) in [6, 6.07) is 12.6. The lowest BCUT2D eigenvalue weighted by Crippen LogP contribution is -2.37. The summed E-state index contributed by atoms with van der Waals surface area (Å²) in [5.74, 6) is -0.105. The molecule has 0 fully saturated rings. The number of nitrogens with one attached hydrogen (secondary N) is 1. The first-order chi connectivity index (χ1) is 12.4. The highest BCUT2D eigenvalue weighted by Crippen LogP contribution is 2.32. The van der Waals surface area contributed by atoms with Crippen molar-refractivity contribution in [2.45, 2.75) is 26.2 Å². The van der Waals surface area contributed by atoms with Crippen molar-refractivity contribution in [2.24, 2.45) is 0 Å². The molecule has 0 radical (unpaired) electrons. The molecule has 0 saturated heterocycles. The first kappa shape index (κ1) is 18.9. The van der Waals surface area contributed by atoms with Gasteiger partial charge in [0.05, 0.1) is 11.4 Å². The Balaban J connectivity index is 1.88. The molecule has 2 aromatic rings. The maximum atomic E-state index is 12.6. The van der Waals surface area contributed by atoms with E-state index in [0.29, 0.717) is 29.9 Å². The first-order valence-corrected chi connectivity index (χ1v) is 11.0. The summed E-state index contributed by atoms with van der Waals surface area (Å²) >= 11 is 3.36. The summed E-state index contributed by atoms with van der Waals surface area (Å²) in [7, 11) is -3.34. The third kappa shape index (κ3) is 4.10. The third-order valence-corrected chi connectivity index (χ3v) is 6.77. The highest BCUT2D eigenvalue weighted by Gasteiger charge is 2.27. The Morgan fingerprint density at radius 2 is 2.04 bits per heavy atom. The molecule has 1 aliphatic heterocycles. The van der Waals surface area contributed by atoms with Gasteiger partial charge in [-0.15, -0.1) is 0 Å². The number of amides is 1. The maximum absolute atomic E-state index is 12.6. The van der Waals surface area contributed by atoms with Crippen LogP contribution in [0, 0.1) is 0 Å². The van der Waals surface area contributed by atoms with Gasteiger partial charge in [-0.25, -0.2) is 8.42 Å². The first-order valence-electron chi connectivity index (χ1n) is 8.61. The van der Waals surface area contributed by atoms with Gasteiger partial charge in [-0.3, -0.25) is 9.10 Å².